The molecule has 0 atom stereocenters. The van der Waals surface area contributed by atoms with Gasteiger partial charge >= 0.3 is 5.97 Å². The summed E-state index contributed by atoms with van der Waals surface area (Å²) in [5.74, 6) is 0.306. The van der Waals surface area contributed by atoms with Crippen LogP contribution in [0.5, 0.6) is 5.75 Å². The molecular formula is C16H22O2. The van der Waals surface area contributed by atoms with Gasteiger partial charge in [0.25, 0.3) is 0 Å². The molecule has 0 aliphatic rings. The van der Waals surface area contributed by atoms with Crippen molar-refractivity contribution < 1.29 is 9.53 Å². The highest BCUT2D eigenvalue weighted by Gasteiger charge is 2.20. The summed E-state index contributed by atoms with van der Waals surface area (Å²) in [4.78, 5) is 11.9. The molecule has 0 fully saturated rings. The van der Waals surface area contributed by atoms with Crippen LogP contribution >= 0.6 is 0 Å². The van der Waals surface area contributed by atoms with E-state index in [1.807, 2.05) is 31.2 Å². The van der Waals surface area contributed by atoms with Gasteiger partial charge in [0.2, 0.25) is 0 Å². The molecule has 0 radical (unpaired) electrons. The molecule has 0 aromatic heterocycles. The van der Waals surface area contributed by atoms with E-state index in [0.29, 0.717) is 17.7 Å². The van der Waals surface area contributed by atoms with Gasteiger partial charge < -0.3 is 4.74 Å². The number of rotatable bonds is 4. The summed E-state index contributed by atoms with van der Waals surface area (Å²) in [5.41, 5.74) is 1.51. The number of hydrogen-bond acceptors (Lipinski definition) is 2. The first-order valence-corrected chi connectivity index (χ1v) is 6.35. The Morgan fingerprint density at radius 2 is 1.89 bits per heavy atom. The fraction of sp³-hybridized carbons (Fsp3) is 0.438. The van der Waals surface area contributed by atoms with Gasteiger partial charge in [0.1, 0.15) is 5.75 Å². The molecule has 0 saturated carbocycles. The van der Waals surface area contributed by atoms with E-state index in [-0.39, 0.29) is 11.4 Å². The van der Waals surface area contributed by atoms with E-state index in [1.54, 1.807) is 0 Å². The fourth-order valence-electron chi connectivity index (χ4n) is 1.75. The highest BCUT2D eigenvalue weighted by Crippen LogP contribution is 2.31. The van der Waals surface area contributed by atoms with Gasteiger partial charge in [-0.05, 0) is 17.9 Å². The number of carbonyl (C=O) groups excluding carboxylic acids is 1. The Bertz CT molecular complexity index is 439. The van der Waals surface area contributed by atoms with Crippen molar-refractivity contribution in [1.82, 2.24) is 0 Å². The van der Waals surface area contributed by atoms with Crippen molar-refractivity contribution in [3.05, 3.63) is 42.0 Å². The Morgan fingerprint density at radius 3 is 2.44 bits per heavy atom. The van der Waals surface area contributed by atoms with Crippen molar-refractivity contribution in [3.8, 4) is 5.75 Å². The second-order valence-electron chi connectivity index (χ2n) is 5.49. The topological polar surface area (TPSA) is 26.3 Å². The van der Waals surface area contributed by atoms with Gasteiger partial charge in [-0.2, -0.15) is 0 Å². The quantitative estimate of drug-likeness (QED) is 0.451. The molecule has 0 spiro atoms. The monoisotopic (exact) mass is 246 g/mol. The van der Waals surface area contributed by atoms with E-state index in [2.05, 4.69) is 27.4 Å². The molecule has 18 heavy (non-hydrogen) atoms. The molecule has 0 amide bonds. The van der Waals surface area contributed by atoms with Crippen LogP contribution in [-0.4, -0.2) is 5.97 Å². The molecule has 0 unspecified atom stereocenters. The number of benzene rings is 1. The highest BCUT2D eigenvalue weighted by molar-refractivity contribution is 5.89. The van der Waals surface area contributed by atoms with Crippen molar-refractivity contribution in [1.29, 1.82) is 0 Å². The van der Waals surface area contributed by atoms with E-state index in [0.717, 1.165) is 12.0 Å². The molecule has 0 N–H and O–H groups in total. The SMILES string of the molecule is C=C(CCC)C(=O)Oc1ccccc1C(C)(C)C. The van der Waals surface area contributed by atoms with E-state index in [9.17, 15) is 4.79 Å². The predicted octanol–water partition coefficient (Wildman–Crippen LogP) is 4.25. The Labute approximate surface area is 110 Å². The molecule has 1 aromatic rings. The Morgan fingerprint density at radius 1 is 1.28 bits per heavy atom. The first kappa shape index (κ1) is 14.5. The maximum atomic E-state index is 11.9. The number of esters is 1. The summed E-state index contributed by atoms with van der Waals surface area (Å²) in [6.45, 7) is 12.1. The van der Waals surface area contributed by atoms with Crippen molar-refractivity contribution in [2.45, 2.75) is 46.0 Å². The zero-order valence-electron chi connectivity index (χ0n) is 11.7. The van der Waals surface area contributed by atoms with Gasteiger partial charge in [-0.15, -0.1) is 0 Å². The molecular weight excluding hydrogens is 224 g/mol. The third-order valence-electron chi connectivity index (χ3n) is 2.74. The zero-order valence-corrected chi connectivity index (χ0v) is 11.7. The van der Waals surface area contributed by atoms with Crippen LogP contribution in [0, 0.1) is 0 Å². The van der Waals surface area contributed by atoms with Crippen molar-refractivity contribution >= 4 is 5.97 Å². The molecule has 1 aromatic carbocycles. The van der Waals surface area contributed by atoms with E-state index < -0.39 is 0 Å². The molecule has 0 aliphatic heterocycles. The van der Waals surface area contributed by atoms with Crippen molar-refractivity contribution in [2.75, 3.05) is 0 Å². The Hall–Kier alpha value is -1.57. The fourth-order valence-corrected chi connectivity index (χ4v) is 1.75. The lowest BCUT2D eigenvalue weighted by atomic mass is 9.86. The van der Waals surface area contributed by atoms with Crippen LogP contribution in [-0.2, 0) is 10.2 Å². The zero-order chi connectivity index (χ0) is 13.8. The van der Waals surface area contributed by atoms with Crippen LogP contribution < -0.4 is 4.74 Å². The number of carbonyl (C=O) groups is 1. The van der Waals surface area contributed by atoms with E-state index >= 15 is 0 Å². The van der Waals surface area contributed by atoms with Gasteiger partial charge in [0.05, 0.1) is 0 Å². The number of para-hydroxylation sites is 1. The minimum Gasteiger partial charge on any atom is -0.423 e. The lowest BCUT2D eigenvalue weighted by Crippen LogP contribution is -2.17. The largest absolute Gasteiger partial charge is 0.423 e. The highest BCUT2D eigenvalue weighted by atomic mass is 16.5. The maximum absolute atomic E-state index is 11.9. The van der Waals surface area contributed by atoms with Crippen LogP contribution in [0.25, 0.3) is 0 Å². The number of ether oxygens (including phenoxy) is 1. The average molecular weight is 246 g/mol. The summed E-state index contributed by atoms with van der Waals surface area (Å²) in [6, 6.07) is 7.65. The lowest BCUT2D eigenvalue weighted by Gasteiger charge is -2.22. The smallest absolute Gasteiger partial charge is 0.338 e. The first-order chi connectivity index (χ1) is 8.36. The van der Waals surface area contributed by atoms with Crippen LogP contribution in [0.15, 0.2) is 36.4 Å². The third-order valence-corrected chi connectivity index (χ3v) is 2.74. The molecule has 1 rings (SSSR count). The van der Waals surface area contributed by atoms with Gasteiger partial charge in [-0.1, -0.05) is 58.9 Å². The second-order valence-corrected chi connectivity index (χ2v) is 5.49. The molecule has 98 valence electrons. The molecule has 2 heteroatoms. The van der Waals surface area contributed by atoms with Crippen LogP contribution in [0.2, 0.25) is 0 Å². The Kier molecular flexibility index (Phi) is 4.71. The van der Waals surface area contributed by atoms with E-state index in [1.165, 1.54) is 0 Å². The maximum Gasteiger partial charge on any atom is 0.338 e. The average Bonchev–Trinajstić information content (AvgIpc) is 2.28. The third kappa shape index (κ3) is 3.73. The summed E-state index contributed by atoms with van der Waals surface area (Å²) in [6.07, 6.45) is 1.57. The van der Waals surface area contributed by atoms with Gasteiger partial charge in [-0.3, -0.25) is 0 Å². The first-order valence-electron chi connectivity index (χ1n) is 6.35. The van der Waals surface area contributed by atoms with Gasteiger partial charge in [0, 0.05) is 11.1 Å². The van der Waals surface area contributed by atoms with Crippen LogP contribution in [0.3, 0.4) is 0 Å². The predicted molar refractivity (Wildman–Crippen MR) is 74.8 cm³/mol. The van der Waals surface area contributed by atoms with Crippen LogP contribution in [0.1, 0.15) is 46.1 Å². The number of hydrogen-bond donors (Lipinski definition) is 0. The molecule has 0 heterocycles. The van der Waals surface area contributed by atoms with E-state index in [4.69, 9.17) is 4.74 Å². The molecule has 2 nitrogen and oxygen atoms in total. The van der Waals surface area contributed by atoms with Crippen molar-refractivity contribution in [2.24, 2.45) is 0 Å². The standard InChI is InChI=1S/C16H22O2/c1-6-9-12(2)15(17)18-14-11-8-7-10-13(14)16(3,4)5/h7-8,10-11H,2,6,9H2,1,3-5H3. The normalized spacial score (nSPS) is 11.1. The molecule has 0 aliphatic carbocycles. The van der Waals surface area contributed by atoms with Gasteiger partial charge in [0.15, 0.2) is 0 Å². The summed E-state index contributed by atoms with van der Waals surface area (Å²) < 4.78 is 5.45. The summed E-state index contributed by atoms with van der Waals surface area (Å²) in [7, 11) is 0. The minimum absolute atomic E-state index is 0.0526. The van der Waals surface area contributed by atoms with Crippen LogP contribution in [0.4, 0.5) is 0 Å². The minimum atomic E-state index is -0.325. The second kappa shape index (κ2) is 5.85. The molecule has 0 saturated heterocycles. The lowest BCUT2D eigenvalue weighted by molar-refractivity contribution is -0.130. The Balaban J connectivity index is 2.92. The summed E-state index contributed by atoms with van der Waals surface area (Å²) >= 11 is 0. The van der Waals surface area contributed by atoms with Crippen molar-refractivity contribution in [3.63, 3.8) is 0 Å². The summed E-state index contributed by atoms with van der Waals surface area (Å²) in [5, 5.41) is 0. The van der Waals surface area contributed by atoms with Gasteiger partial charge in [-0.25, -0.2) is 4.79 Å². The molecule has 0 bridgehead atoms.